The lowest BCUT2D eigenvalue weighted by atomic mass is 10.6. The highest BCUT2D eigenvalue weighted by atomic mass is 32.3. The minimum absolute atomic E-state index is 3.75. The molecule has 0 aliphatic carbocycles. The number of hydrogen-bond donors (Lipinski definition) is 0. The molecule has 0 aliphatic rings. The van der Waals surface area contributed by atoms with E-state index in [0.717, 1.165) is 0 Å². The normalized spacial score (nSPS) is 15.5. The lowest BCUT2D eigenvalue weighted by Gasteiger charge is -2.32. The molecule has 0 saturated heterocycles. The molecule has 0 rings (SSSR count). The molecule has 174 valence electrons. The van der Waals surface area contributed by atoms with Gasteiger partial charge >= 0.3 is 58.7 Å². The van der Waals surface area contributed by atoms with Gasteiger partial charge < -0.3 is 0 Å². The number of hydrogen-bond acceptors (Lipinski definition) is 7. The lowest BCUT2D eigenvalue weighted by Crippen LogP contribution is -2.64. The van der Waals surface area contributed by atoms with E-state index in [9.17, 15) is 82.7 Å². The first-order chi connectivity index (χ1) is 12.1. The highest BCUT2D eigenvalue weighted by molar-refractivity contribution is 8.05. The Labute approximate surface area is 150 Å². The van der Waals surface area contributed by atoms with Gasteiger partial charge in [-0.3, -0.25) is 4.79 Å². The third-order valence-corrected chi connectivity index (χ3v) is 7.15. The van der Waals surface area contributed by atoms with Crippen LogP contribution in [0.5, 0.6) is 0 Å². The Bertz CT molecular complexity index is 923. The number of nitrogens with zero attached hydrogens (tertiary/aromatic N) is 2. The van der Waals surface area contributed by atoms with Gasteiger partial charge in [0.15, 0.2) is 0 Å². The van der Waals surface area contributed by atoms with Gasteiger partial charge in [-0.2, -0.15) is 77.9 Å². The van der Waals surface area contributed by atoms with Gasteiger partial charge in [-0.1, -0.05) is 0 Å². The summed E-state index contributed by atoms with van der Waals surface area (Å²) >= 11 is 0. The van der Waals surface area contributed by atoms with E-state index in [1.54, 1.807) is 0 Å². The molecule has 0 unspecified atom stereocenters. The maximum Gasteiger partial charge on any atom is 0.518 e. The maximum atomic E-state index is 12.5. The summed E-state index contributed by atoms with van der Waals surface area (Å²) in [6.45, 7) is 0. The Kier molecular flexibility index (Phi) is 6.62. The van der Waals surface area contributed by atoms with E-state index < -0.39 is 66.9 Å². The molecule has 0 atom stereocenters. The van der Waals surface area contributed by atoms with E-state index in [2.05, 4.69) is 0 Å². The quantitative estimate of drug-likeness (QED) is 0.399. The second-order valence-corrected chi connectivity index (χ2v) is 9.58. The maximum absolute atomic E-state index is 12.5. The molecule has 0 bridgehead atoms. The zero-order chi connectivity index (χ0) is 24.2. The van der Waals surface area contributed by atoms with Gasteiger partial charge in [-0.25, -0.2) is 0 Å². The number of rotatable bonds is 4. The largest absolute Gasteiger partial charge is 0.518 e. The molecule has 0 aromatic heterocycles. The fourth-order valence-corrected chi connectivity index (χ4v) is 5.16. The standard InChI is InChI=1S/C5F12N2O7S3/c6-2(7,8)1(20)18(27(21,22)3(9,10)11)19(28(23,24)4(12,13)14)29(25,26)5(15,16)17. The molecule has 9 nitrogen and oxygen atoms in total. The van der Waals surface area contributed by atoms with E-state index >= 15 is 0 Å². The van der Waals surface area contributed by atoms with Crippen LogP contribution >= 0.6 is 0 Å². The highest BCUT2D eigenvalue weighted by Crippen LogP contribution is 2.41. The van der Waals surface area contributed by atoms with E-state index in [0.29, 0.717) is 0 Å². The van der Waals surface area contributed by atoms with Crippen LogP contribution in [0.4, 0.5) is 52.7 Å². The average Bonchev–Trinajstić information content (AvgIpc) is 2.37. The lowest BCUT2D eigenvalue weighted by molar-refractivity contribution is -0.186. The number of halogens is 12. The molecule has 0 N–H and O–H groups in total. The predicted octanol–water partition coefficient (Wildman–Crippen LogP) is 1.14. The van der Waals surface area contributed by atoms with Crippen LogP contribution in [-0.4, -0.2) is 62.1 Å². The van der Waals surface area contributed by atoms with Crippen molar-refractivity contribution < 1.29 is 82.7 Å². The molecule has 0 aromatic rings. The second-order valence-electron chi connectivity index (χ2n) is 4.08. The topological polar surface area (TPSA) is 126 Å². The molecular formula is C5F12N2O7S3. The van der Waals surface area contributed by atoms with Gasteiger partial charge in [0.05, 0.1) is 0 Å². The summed E-state index contributed by atoms with van der Waals surface area (Å²) < 4.78 is 207. The number of hydrazine groups is 1. The van der Waals surface area contributed by atoms with Crippen molar-refractivity contribution in [1.82, 2.24) is 8.23 Å². The van der Waals surface area contributed by atoms with Crippen LogP contribution in [0.3, 0.4) is 0 Å². The molecule has 0 aromatic carbocycles. The fraction of sp³-hybridized carbons (Fsp3) is 0.800. The molecular weight excluding hydrogens is 524 g/mol. The Morgan fingerprint density at radius 2 is 0.759 bits per heavy atom. The SMILES string of the molecule is O=C(N(N(S(=O)(=O)C(F)(F)F)S(=O)(=O)C(F)(F)F)S(=O)(=O)C(F)(F)F)C(F)(F)F. The summed E-state index contributed by atoms with van der Waals surface area (Å²) in [6.07, 6.45) is -7.13. The van der Waals surface area contributed by atoms with Crippen LogP contribution in [0.1, 0.15) is 0 Å². The molecule has 29 heavy (non-hydrogen) atoms. The summed E-state index contributed by atoms with van der Waals surface area (Å²) in [7, 11) is -25.6. The summed E-state index contributed by atoms with van der Waals surface area (Å²) in [5.74, 6) is -4.89. The predicted molar refractivity (Wildman–Crippen MR) is 59.7 cm³/mol. The first kappa shape index (κ1) is 27.4. The second kappa shape index (κ2) is 7.00. The van der Waals surface area contributed by atoms with Crippen molar-refractivity contribution in [3.05, 3.63) is 0 Å². The van der Waals surface area contributed by atoms with Gasteiger partial charge in [0.1, 0.15) is 0 Å². The van der Waals surface area contributed by atoms with Crippen molar-refractivity contribution in [3.8, 4) is 0 Å². The van der Waals surface area contributed by atoms with Crippen LogP contribution < -0.4 is 0 Å². The van der Waals surface area contributed by atoms with Crippen LogP contribution in [-0.2, 0) is 34.9 Å². The summed E-state index contributed by atoms with van der Waals surface area (Å²) in [6, 6.07) is 0. The monoisotopic (exact) mass is 524 g/mol. The number of alkyl halides is 12. The molecule has 0 heterocycles. The van der Waals surface area contributed by atoms with Gasteiger partial charge in [0, 0.05) is 3.82 Å². The minimum Gasteiger partial charge on any atom is -0.262 e. The third kappa shape index (κ3) is 4.79. The third-order valence-electron chi connectivity index (χ3n) is 2.08. The van der Waals surface area contributed by atoms with Crippen molar-refractivity contribution in [2.75, 3.05) is 0 Å². The molecule has 0 fully saturated rings. The van der Waals surface area contributed by atoms with E-state index in [1.807, 2.05) is 0 Å². The Morgan fingerprint density at radius 3 is 0.931 bits per heavy atom. The summed E-state index contributed by atoms with van der Waals surface area (Å²) in [5.41, 5.74) is -22.3. The van der Waals surface area contributed by atoms with E-state index in [4.69, 9.17) is 0 Å². The van der Waals surface area contributed by atoms with Crippen molar-refractivity contribution in [2.45, 2.75) is 22.7 Å². The Morgan fingerprint density at radius 1 is 0.517 bits per heavy atom. The average molecular weight is 524 g/mol. The van der Waals surface area contributed by atoms with Crippen molar-refractivity contribution >= 4 is 36.0 Å². The number of carbonyl (C=O) groups excluding carboxylic acids is 1. The van der Waals surface area contributed by atoms with E-state index in [1.165, 1.54) is 0 Å². The van der Waals surface area contributed by atoms with Crippen LogP contribution in [0.25, 0.3) is 0 Å². The molecule has 1 amide bonds. The summed E-state index contributed by atoms with van der Waals surface area (Å²) in [5, 5.41) is 0. The smallest absolute Gasteiger partial charge is 0.262 e. The first-order valence-electron chi connectivity index (χ1n) is 5.31. The Balaban J connectivity index is 7.73. The number of carbonyl (C=O) groups is 1. The molecule has 0 aliphatic heterocycles. The van der Waals surface area contributed by atoms with Crippen LogP contribution in [0, 0.1) is 0 Å². The fourth-order valence-electron chi connectivity index (χ4n) is 0.979. The van der Waals surface area contributed by atoms with E-state index in [-0.39, 0.29) is 0 Å². The van der Waals surface area contributed by atoms with Gasteiger partial charge in [0.2, 0.25) is 0 Å². The number of sulfonamides is 3. The zero-order valence-corrected chi connectivity index (χ0v) is 14.5. The molecule has 0 radical (unpaired) electrons. The number of amides is 1. The van der Waals surface area contributed by atoms with Gasteiger partial charge in [-0.05, 0) is 0 Å². The first-order valence-corrected chi connectivity index (χ1v) is 9.63. The van der Waals surface area contributed by atoms with Crippen LogP contribution in [0.2, 0.25) is 0 Å². The Hall–Kier alpha value is -1.56. The van der Waals surface area contributed by atoms with Crippen molar-refractivity contribution in [1.29, 1.82) is 0 Å². The van der Waals surface area contributed by atoms with Gasteiger partial charge in [-0.15, -0.1) is 4.41 Å². The van der Waals surface area contributed by atoms with Crippen LogP contribution in [0.15, 0.2) is 0 Å². The summed E-state index contributed by atoms with van der Waals surface area (Å²) in [4.78, 5) is 10.9. The zero-order valence-electron chi connectivity index (χ0n) is 12.0. The minimum atomic E-state index is -8.58. The molecule has 0 saturated carbocycles. The van der Waals surface area contributed by atoms with Crippen molar-refractivity contribution in [2.24, 2.45) is 0 Å². The van der Waals surface area contributed by atoms with Crippen molar-refractivity contribution in [3.63, 3.8) is 0 Å². The molecule has 0 spiro atoms. The molecule has 24 heteroatoms. The van der Waals surface area contributed by atoms with Gasteiger partial charge in [0.25, 0.3) is 0 Å². The highest BCUT2D eigenvalue weighted by Gasteiger charge is 2.71.